The first-order valence-corrected chi connectivity index (χ1v) is 7.44. The maximum Gasteiger partial charge on any atom is 0.305 e. The molecule has 0 atom stereocenters. The second kappa shape index (κ2) is 7.53. The second-order valence-corrected chi connectivity index (χ2v) is 5.08. The van der Waals surface area contributed by atoms with Crippen molar-refractivity contribution in [1.82, 2.24) is 14.7 Å². The van der Waals surface area contributed by atoms with Crippen LogP contribution >= 0.6 is 0 Å². The topological polar surface area (TPSA) is 89.8 Å². The van der Waals surface area contributed by atoms with Gasteiger partial charge >= 0.3 is 5.97 Å². The summed E-state index contributed by atoms with van der Waals surface area (Å²) in [5, 5.41) is 2.62. The van der Waals surface area contributed by atoms with E-state index in [4.69, 9.17) is 4.74 Å². The van der Waals surface area contributed by atoms with Gasteiger partial charge in [-0.25, -0.2) is 4.98 Å². The summed E-state index contributed by atoms with van der Waals surface area (Å²) < 4.78 is 6.15. The molecule has 0 aliphatic rings. The average molecular weight is 317 g/mol. The Hall–Kier alpha value is -2.70. The van der Waals surface area contributed by atoms with E-state index in [1.54, 1.807) is 19.2 Å². The van der Waals surface area contributed by atoms with E-state index in [1.807, 2.05) is 13.0 Å². The fourth-order valence-corrected chi connectivity index (χ4v) is 2.10. The molecule has 0 aromatic carbocycles. The third-order valence-corrected chi connectivity index (χ3v) is 3.24. The van der Waals surface area contributed by atoms with Gasteiger partial charge in [0.2, 0.25) is 0 Å². The van der Waals surface area contributed by atoms with Crippen molar-refractivity contribution < 1.29 is 14.3 Å². The highest BCUT2D eigenvalue weighted by Gasteiger charge is 2.13. The van der Waals surface area contributed by atoms with Gasteiger partial charge in [0.05, 0.1) is 6.61 Å². The summed E-state index contributed by atoms with van der Waals surface area (Å²) >= 11 is 0. The Morgan fingerprint density at radius 3 is 2.87 bits per heavy atom. The molecule has 1 amide bonds. The standard InChI is InChI=1S/C16H19N3O4/c1-3-23-14(20)5-4-8-17-15(21)12-9-18-13-7-6-11(2)10-19(13)16(12)22/h6-7,9-10H,3-5,8H2,1-2H3,(H,17,21). The van der Waals surface area contributed by atoms with Crippen LogP contribution < -0.4 is 10.9 Å². The largest absolute Gasteiger partial charge is 0.466 e. The first kappa shape index (κ1) is 16.7. The Labute approximate surface area is 133 Å². The zero-order valence-electron chi connectivity index (χ0n) is 13.2. The van der Waals surface area contributed by atoms with Gasteiger partial charge in [-0.15, -0.1) is 0 Å². The Morgan fingerprint density at radius 1 is 1.35 bits per heavy atom. The molecule has 1 N–H and O–H groups in total. The minimum absolute atomic E-state index is 0.0239. The van der Waals surface area contributed by atoms with Crippen molar-refractivity contribution in [3.8, 4) is 0 Å². The molecule has 0 bridgehead atoms. The highest BCUT2D eigenvalue weighted by molar-refractivity contribution is 5.93. The molecule has 7 nitrogen and oxygen atoms in total. The Balaban J connectivity index is 2.02. The van der Waals surface area contributed by atoms with Gasteiger partial charge < -0.3 is 10.1 Å². The minimum Gasteiger partial charge on any atom is -0.466 e. The number of rotatable bonds is 6. The molecule has 0 spiro atoms. The number of pyridine rings is 1. The maximum atomic E-state index is 12.3. The summed E-state index contributed by atoms with van der Waals surface area (Å²) in [4.78, 5) is 39.7. The van der Waals surface area contributed by atoms with Crippen LogP contribution in [0.15, 0.2) is 29.3 Å². The third-order valence-electron chi connectivity index (χ3n) is 3.24. The van der Waals surface area contributed by atoms with Crippen LogP contribution in [-0.4, -0.2) is 34.4 Å². The number of carbonyl (C=O) groups is 2. The van der Waals surface area contributed by atoms with Crippen LogP contribution in [0, 0.1) is 6.92 Å². The molecule has 122 valence electrons. The molecule has 2 rings (SSSR count). The van der Waals surface area contributed by atoms with Crippen molar-refractivity contribution in [2.75, 3.05) is 13.2 Å². The van der Waals surface area contributed by atoms with Crippen LogP contribution in [0.2, 0.25) is 0 Å². The van der Waals surface area contributed by atoms with Crippen molar-refractivity contribution in [2.24, 2.45) is 0 Å². The average Bonchev–Trinajstić information content (AvgIpc) is 2.52. The van der Waals surface area contributed by atoms with E-state index in [-0.39, 0.29) is 24.5 Å². The summed E-state index contributed by atoms with van der Waals surface area (Å²) in [6.07, 6.45) is 3.59. The lowest BCUT2D eigenvalue weighted by Gasteiger charge is -2.06. The monoisotopic (exact) mass is 317 g/mol. The van der Waals surface area contributed by atoms with E-state index in [1.165, 1.54) is 10.6 Å². The van der Waals surface area contributed by atoms with E-state index in [0.29, 0.717) is 18.7 Å². The van der Waals surface area contributed by atoms with Gasteiger partial charge in [0.15, 0.2) is 0 Å². The lowest BCUT2D eigenvalue weighted by Crippen LogP contribution is -2.32. The number of ether oxygens (including phenoxy) is 1. The number of carbonyl (C=O) groups excluding carboxylic acids is 2. The number of aryl methyl sites for hydroxylation is 1. The zero-order valence-corrected chi connectivity index (χ0v) is 13.2. The molecular weight excluding hydrogens is 298 g/mol. The molecular formula is C16H19N3O4. The normalized spacial score (nSPS) is 10.5. The number of esters is 1. The summed E-state index contributed by atoms with van der Waals surface area (Å²) in [5.41, 5.74) is 0.943. The SMILES string of the molecule is CCOC(=O)CCCNC(=O)c1cnc2ccc(C)cn2c1=O. The predicted octanol–water partition coefficient (Wildman–Crippen LogP) is 1.08. The minimum atomic E-state index is -0.498. The first-order valence-electron chi connectivity index (χ1n) is 7.44. The van der Waals surface area contributed by atoms with Crippen LogP contribution in [0.3, 0.4) is 0 Å². The van der Waals surface area contributed by atoms with Gasteiger partial charge in [-0.05, 0) is 31.9 Å². The lowest BCUT2D eigenvalue weighted by molar-refractivity contribution is -0.143. The van der Waals surface area contributed by atoms with Gasteiger partial charge in [-0.2, -0.15) is 0 Å². The Kier molecular flexibility index (Phi) is 5.46. The molecule has 0 aliphatic heterocycles. The number of nitrogens with one attached hydrogen (secondary N) is 1. The predicted molar refractivity (Wildman–Crippen MR) is 84.4 cm³/mol. The summed E-state index contributed by atoms with van der Waals surface area (Å²) in [6, 6.07) is 3.56. The van der Waals surface area contributed by atoms with Crippen LogP contribution in [0.1, 0.15) is 35.7 Å². The molecule has 23 heavy (non-hydrogen) atoms. The molecule has 0 unspecified atom stereocenters. The summed E-state index contributed by atoms with van der Waals surface area (Å²) in [5.74, 6) is -0.799. The highest BCUT2D eigenvalue weighted by Crippen LogP contribution is 2.02. The van der Waals surface area contributed by atoms with Crippen molar-refractivity contribution in [3.05, 3.63) is 46.0 Å². The molecule has 2 aromatic rings. The number of nitrogens with zero attached hydrogens (tertiary/aromatic N) is 2. The molecule has 2 heterocycles. The van der Waals surface area contributed by atoms with E-state index >= 15 is 0 Å². The fourth-order valence-electron chi connectivity index (χ4n) is 2.10. The van der Waals surface area contributed by atoms with E-state index in [0.717, 1.165) is 5.56 Å². The third kappa shape index (κ3) is 4.15. The van der Waals surface area contributed by atoms with E-state index < -0.39 is 11.5 Å². The number of aromatic nitrogens is 2. The van der Waals surface area contributed by atoms with Crippen LogP contribution in [-0.2, 0) is 9.53 Å². The summed E-state index contributed by atoms with van der Waals surface area (Å²) in [6.45, 7) is 4.22. The molecule has 2 aromatic heterocycles. The highest BCUT2D eigenvalue weighted by atomic mass is 16.5. The van der Waals surface area contributed by atoms with Gasteiger partial charge in [0.25, 0.3) is 11.5 Å². The number of fused-ring (bicyclic) bond motifs is 1. The lowest BCUT2D eigenvalue weighted by atomic mass is 10.2. The molecule has 0 fully saturated rings. The molecule has 0 aliphatic carbocycles. The van der Waals surface area contributed by atoms with Crippen molar-refractivity contribution in [3.63, 3.8) is 0 Å². The van der Waals surface area contributed by atoms with Crippen molar-refractivity contribution >= 4 is 17.5 Å². The molecule has 0 radical (unpaired) electrons. The first-order chi connectivity index (χ1) is 11.0. The molecule has 0 saturated heterocycles. The van der Waals surface area contributed by atoms with Crippen LogP contribution in [0.5, 0.6) is 0 Å². The van der Waals surface area contributed by atoms with Crippen LogP contribution in [0.4, 0.5) is 0 Å². The van der Waals surface area contributed by atoms with E-state index in [9.17, 15) is 14.4 Å². The summed E-state index contributed by atoms with van der Waals surface area (Å²) in [7, 11) is 0. The van der Waals surface area contributed by atoms with Gasteiger partial charge in [0, 0.05) is 25.4 Å². The molecule has 7 heteroatoms. The quantitative estimate of drug-likeness (QED) is 0.636. The number of amides is 1. The van der Waals surface area contributed by atoms with Crippen molar-refractivity contribution in [2.45, 2.75) is 26.7 Å². The Bertz CT molecular complexity index is 782. The van der Waals surface area contributed by atoms with Gasteiger partial charge in [0.1, 0.15) is 11.2 Å². The number of hydrogen-bond donors (Lipinski definition) is 1. The Morgan fingerprint density at radius 2 is 2.13 bits per heavy atom. The van der Waals surface area contributed by atoms with Gasteiger partial charge in [-0.3, -0.25) is 18.8 Å². The zero-order chi connectivity index (χ0) is 16.8. The second-order valence-electron chi connectivity index (χ2n) is 5.08. The van der Waals surface area contributed by atoms with Gasteiger partial charge in [-0.1, -0.05) is 6.07 Å². The maximum absolute atomic E-state index is 12.3. The molecule has 0 saturated carbocycles. The van der Waals surface area contributed by atoms with Crippen molar-refractivity contribution in [1.29, 1.82) is 0 Å². The van der Waals surface area contributed by atoms with Crippen LogP contribution in [0.25, 0.3) is 5.65 Å². The van der Waals surface area contributed by atoms with E-state index in [2.05, 4.69) is 10.3 Å². The number of hydrogen-bond acceptors (Lipinski definition) is 5. The fraction of sp³-hybridized carbons (Fsp3) is 0.375. The smallest absolute Gasteiger partial charge is 0.305 e.